The zero-order valence-corrected chi connectivity index (χ0v) is 17.7. The van der Waals surface area contributed by atoms with Crippen molar-refractivity contribution in [1.82, 2.24) is 0 Å². The molecule has 2 N–H and O–H groups in total. The lowest BCUT2D eigenvalue weighted by Crippen LogP contribution is -2.22. The van der Waals surface area contributed by atoms with E-state index >= 15 is 0 Å². The lowest BCUT2D eigenvalue weighted by atomic mass is 9.98. The third kappa shape index (κ3) is 5.97. The minimum atomic E-state index is -3.41. The van der Waals surface area contributed by atoms with Gasteiger partial charge in [0.05, 0.1) is 11.4 Å². The Kier molecular flexibility index (Phi) is 6.79. The highest BCUT2D eigenvalue weighted by atomic mass is 32.2. The summed E-state index contributed by atoms with van der Waals surface area (Å²) >= 11 is 0. The molecule has 1 saturated carbocycles. The molecule has 0 saturated heterocycles. The van der Waals surface area contributed by atoms with E-state index in [0.29, 0.717) is 16.9 Å². The third-order valence-electron chi connectivity index (χ3n) is 4.97. The Labute approximate surface area is 172 Å². The lowest BCUT2D eigenvalue weighted by molar-refractivity contribution is 0.102. The molecule has 1 aliphatic rings. The van der Waals surface area contributed by atoms with E-state index in [1.165, 1.54) is 19.3 Å². The number of hydrogen-bond acceptors (Lipinski definition) is 4. The number of carbonyl (C=O) groups is 1. The van der Waals surface area contributed by atoms with E-state index in [-0.39, 0.29) is 12.0 Å². The second kappa shape index (κ2) is 9.31. The zero-order valence-electron chi connectivity index (χ0n) is 16.9. The second-order valence-electron chi connectivity index (χ2n) is 7.63. The number of benzene rings is 2. The molecule has 0 bridgehead atoms. The molecule has 0 aromatic heterocycles. The van der Waals surface area contributed by atoms with E-state index in [1.807, 2.05) is 24.3 Å². The van der Waals surface area contributed by atoms with Gasteiger partial charge in [0.15, 0.2) is 0 Å². The summed E-state index contributed by atoms with van der Waals surface area (Å²) in [5.41, 5.74) is 1.53. The highest BCUT2D eigenvalue weighted by Gasteiger charge is 2.17. The van der Waals surface area contributed by atoms with Crippen molar-refractivity contribution in [1.29, 1.82) is 0 Å². The van der Waals surface area contributed by atoms with Crippen LogP contribution < -0.4 is 14.8 Å². The van der Waals surface area contributed by atoms with Crippen LogP contribution in [0.25, 0.3) is 0 Å². The van der Waals surface area contributed by atoms with Gasteiger partial charge in [-0.3, -0.25) is 9.52 Å². The van der Waals surface area contributed by atoms with Gasteiger partial charge in [-0.05, 0) is 75.9 Å². The van der Waals surface area contributed by atoms with Crippen LogP contribution in [0.15, 0.2) is 48.5 Å². The predicted molar refractivity (Wildman–Crippen MR) is 116 cm³/mol. The number of anilines is 2. The van der Waals surface area contributed by atoms with Gasteiger partial charge in [-0.1, -0.05) is 12.5 Å². The van der Waals surface area contributed by atoms with Gasteiger partial charge in [0, 0.05) is 23.0 Å². The van der Waals surface area contributed by atoms with Gasteiger partial charge < -0.3 is 10.1 Å². The molecule has 0 heterocycles. The molecule has 1 fully saturated rings. The monoisotopic (exact) mass is 416 g/mol. The number of carbonyl (C=O) groups excluding carboxylic acids is 1. The summed E-state index contributed by atoms with van der Waals surface area (Å²) in [5.74, 6) is 0.492. The van der Waals surface area contributed by atoms with Crippen molar-refractivity contribution in [3.8, 4) is 5.75 Å². The van der Waals surface area contributed by atoms with Crippen LogP contribution in [-0.2, 0) is 10.0 Å². The number of nitrogens with one attached hydrogen (secondary N) is 2. The van der Waals surface area contributed by atoms with Crippen LogP contribution in [0.4, 0.5) is 11.4 Å². The molecular weight excluding hydrogens is 388 g/mol. The van der Waals surface area contributed by atoms with E-state index < -0.39 is 15.3 Å². The van der Waals surface area contributed by atoms with Crippen molar-refractivity contribution < 1.29 is 17.9 Å². The first kappa shape index (κ1) is 21.2. The Balaban J connectivity index is 1.62. The fourth-order valence-corrected chi connectivity index (χ4v) is 3.90. The van der Waals surface area contributed by atoms with Gasteiger partial charge in [0.2, 0.25) is 10.0 Å². The molecule has 0 radical (unpaired) electrons. The van der Waals surface area contributed by atoms with Crippen molar-refractivity contribution in [2.75, 3.05) is 10.0 Å². The number of rotatable bonds is 7. The molecule has 3 rings (SSSR count). The largest absolute Gasteiger partial charge is 0.490 e. The van der Waals surface area contributed by atoms with Crippen molar-refractivity contribution in [2.45, 2.75) is 57.3 Å². The van der Waals surface area contributed by atoms with Crippen molar-refractivity contribution in [2.24, 2.45) is 0 Å². The molecule has 29 heavy (non-hydrogen) atoms. The number of hydrogen-bond donors (Lipinski definition) is 2. The van der Waals surface area contributed by atoms with E-state index in [9.17, 15) is 13.2 Å². The summed E-state index contributed by atoms with van der Waals surface area (Å²) in [6.07, 6.45) is 6.06. The fraction of sp³-hybridized carbons (Fsp3) is 0.409. The van der Waals surface area contributed by atoms with Gasteiger partial charge in [-0.2, -0.15) is 0 Å². The average Bonchev–Trinajstić information content (AvgIpc) is 2.69. The van der Waals surface area contributed by atoms with Gasteiger partial charge in [0.1, 0.15) is 5.75 Å². The molecule has 6 nitrogen and oxygen atoms in total. The summed E-state index contributed by atoms with van der Waals surface area (Å²) in [6, 6.07) is 13.8. The van der Waals surface area contributed by atoms with Crippen LogP contribution >= 0.6 is 0 Å². The summed E-state index contributed by atoms with van der Waals surface area (Å²) in [6.45, 7) is 3.21. The van der Waals surface area contributed by atoms with Gasteiger partial charge in [-0.15, -0.1) is 0 Å². The molecule has 0 spiro atoms. The van der Waals surface area contributed by atoms with Crippen LogP contribution in [0.2, 0.25) is 0 Å². The normalized spacial score (nSPS) is 15.1. The van der Waals surface area contributed by atoms with Crippen LogP contribution in [0.5, 0.6) is 5.75 Å². The first-order chi connectivity index (χ1) is 13.8. The lowest BCUT2D eigenvalue weighted by Gasteiger charge is -2.23. The number of amides is 1. The molecule has 156 valence electrons. The molecule has 2 aromatic carbocycles. The SMILES string of the molecule is CC(C)S(=O)(=O)Nc1ccc(C(=O)Nc2cccc(OC3CCCCC3)c2)cc1. The average molecular weight is 417 g/mol. The Morgan fingerprint density at radius 2 is 1.69 bits per heavy atom. The maximum absolute atomic E-state index is 12.5. The Morgan fingerprint density at radius 3 is 2.34 bits per heavy atom. The molecule has 1 aliphatic carbocycles. The highest BCUT2D eigenvalue weighted by Crippen LogP contribution is 2.25. The van der Waals surface area contributed by atoms with E-state index in [2.05, 4.69) is 10.0 Å². The van der Waals surface area contributed by atoms with E-state index in [0.717, 1.165) is 18.6 Å². The van der Waals surface area contributed by atoms with Gasteiger partial charge in [-0.25, -0.2) is 8.42 Å². The Bertz CT molecular complexity index is 934. The molecule has 0 aliphatic heterocycles. The quantitative estimate of drug-likeness (QED) is 0.679. The molecular formula is C22H28N2O4S. The molecule has 7 heteroatoms. The molecule has 2 aromatic rings. The first-order valence-electron chi connectivity index (χ1n) is 10.0. The minimum absolute atomic E-state index is 0.247. The summed E-state index contributed by atoms with van der Waals surface area (Å²) in [7, 11) is -3.41. The smallest absolute Gasteiger partial charge is 0.255 e. The van der Waals surface area contributed by atoms with Crippen molar-refractivity contribution in [3.05, 3.63) is 54.1 Å². The Morgan fingerprint density at radius 1 is 1.00 bits per heavy atom. The van der Waals surface area contributed by atoms with E-state index in [4.69, 9.17) is 4.74 Å². The Hall–Kier alpha value is -2.54. The van der Waals surface area contributed by atoms with Gasteiger partial charge >= 0.3 is 0 Å². The molecule has 0 unspecified atom stereocenters. The second-order valence-corrected chi connectivity index (χ2v) is 9.87. The summed E-state index contributed by atoms with van der Waals surface area (Å²) in [4.78, 5) is 12.5. The van der Waals surface area contributed by atoms with Crippen LogP contribution in [-0.4, -0.2) is 25.7 Å². The highest BCUT2D eigenvalue weighted by molar-refractivity contribution is 7.93. The van der Waals surface area contributed by atoms with Crippen LogP contribution in [0.1, 0.15) is 56.3 Å². The molecule has 1 amide bonds. The predicted octanol–water partition coefficient (Wildman–Crippen LogP) is 4.80. The summed E-state index contributed by atoms with van der Waals surface area (Å²) in [5, 5.41) is 2.33. The first-order valence-corrected chi connectivity index (χ1v) is 11.6. The fourth-order valence-electron chi connectivity index (χ4n) is 3.20. The topological polar surface area (TPSA) is 84.5 Å². The van der Waals surface area contributed by atoms with Crippen molar-refractivity contribution >= 4 is 27.3 Å². The maximum atomic E-state index is 12.5. The van der Waals surface area contributed by atoms with E-state index in [1.54, 1.807) is 38.1 Å². The van der Waals surface area contributed by atoms with Crippen LogP contribution in [0, 0.1) is 0 Å². The van der Waals surface area contributed by atoms with Crippen molar-refractivity contribution in [3.63, 3.8) is 0 Å². The molecule has 0 atom stereocenters. The van der Waals surface area contributed by atoms with Gasteiger partial charge in [0.25, 0.3) is 5.91 Å². The number of sulfonamides is 1. The zero-order chi connectivity index (χ0) is 20.9. The number of ether oxygens (including phenoxy) is 1. The summed E-state index contributed by atoms with van der Waals surface area (Å²) < 4.78 is 32.4. The van der Waals surface area contributed by atoms with Crippen LogP contribution in [0.3, 0.4) is 0 Å². The maximum Gasteiger partial charge on any atom is 0.255 e. The third-order valence-corrected chi connectivity index (χ3v) is 6.74. The minimum Gasteiger partial charge on any atom is -0.490 e. The standard InChI is InChI=1S/C22H28N2O4S/c1-16(2)29(26,27)24-18-13-11-17(12-14-18)22(25)23-19-7-6-10-21(15-19)28-20-8-4-3-5-9-20/h6-7,10-16,20,24H,3-5,8-9H2,1-2H3,(H,23,25).